The molecule has 4 nitrogen and oxygen atoms in total. The van der Waals surface area contributed by atoms with Gasteiger partial charge in [0, 0.05) is 18.0 Å². The first kappa shape index (κ1) is 11.1. The van der Waals surface area contributed by atoms with Crippen molar-refractivity contribution < 1.29 is 14.6 Å². The molecule has 88 valence electrons. The van der Waals surface area contributed by atoms with E-state index in [0.717, 1.165) is 25.1 Å². The van der Waals surface area contributed by atoms with Gasteiger partial charge in [0.2, 0.25) is 0 Å². The topological polar surface area (TPSA) is 50.7 Å². The lowest BCUT2D eigenvalue weighted by atomic mass is 9.96. The van der Waals surface area contributed by atoms with Gasteiger partial charge in [-0.3, -0.25) is 0 Å². The van der Waals surface area contributed by atoms with Crippen LogP contribution in [0.3, 0.4) is 0 Å². The number of phenolic OH excluding ortho intramolecular Hbond substituents is 1. The van der Waals surface area contributed by atoms with E-state index in [-0.39, 0.29) is 5.75 Å². The van der Waals surface area contributed by atoms with E-state index >= 15 is 0 Å². The van der Waals surface area contributed by atoms with Crippen LogP contribution < -0.4 is 14.8 Å². The van der Waals surface area contributed by atoms with Gasteiger partial charge in [0.15, 0.2) is 11.5 Å². The van der Waals surface area contributed by atoms with Crippen molar-refractivity contribution in [2.75, 3.05) is 27.3 Å². The third-order valence-corrected chi connectivity index (χ3v) is 3.03. The molecule has 1 aliphatic heterocycles. The van der Waals surface area contributed by atoms with Crippen molar-refractivity contribution in [3.63, 3.8) is 0 Å². The fraction of sp³-hybridized carbons (Fsp3) is 0.500. The third-order valence-electron chi connectivity index (χ3n) is 3.03. The van der Waals surface area contributed by atoms with E-state index in [1.165, 1.54) is 0 Å². The molecule has 1 aliphatic rings. The first-order valence-corrected chi connectivity index (χ1v) is 5.42. The molecule has 2 rings (SSSR count). The molecule has 1 atom stereocenters. The Morgan fingerprint density at radius 2 is 2.12 bits per heavy atom. The fourth-order valence-corrected chi connectivity index (χ4v) is 2.24. The van der Waals surface area contributed by atoms with E-state index in [4.69, 9.17) is 9.47 Å². The predicted molar refractivity (Wildman–Crippen MR) is 61.4 cm³/mol. The van der Waals surface area contributed by atoms with Gasteiger partial charge in [-0.05, 0) is 25.1 Å². The van der Waals surface area contributed by atoms with Gasteiger partial charge in [-0.1, -0.05) is 0 Å². The maximum atomic E-state index is 9.94. The Morgan fingerprint density at radius 3 is 2.69 bits per heavy atom. The molecular formula is C12H17NO3. The fourth-order valence-electron chi connectivity index (χ4n) is 2.24. The minimum Gasteiger partial charge on any atom is -0.508 e. The molecule has 1 heterocycles. The molecule has 1 saturated heterocycles. The Balaban J connectivity index is 2.47. The number of hydrogen-bond acceptors (Lipinski definition) is 4. The van der Waals surface area contributed by atoms with E-state index in [9.17, 15) is 5.11 Å². The van der Waals surface area contributed by atoms with Crippen LogP contribution in [0.15, 0.2) is 12.1 Å². The number of nitrogens with one attached hydrogen (secondary N) is 1. The van der Waals surface area contributed by atoms with Gasteiger partial charge in [0.05, 0.1) is 14.2 Å². The lowest BCUT2D eigenvalue weighted by molar-refractivity contribution is 0.344. The summed E-state index contributed by atoms with van der Waals surface area (Å²) < 4.78 is 10.6. The molecule has 0 aliphatic carbocycles. The molecule has 1 unspecified atom stereocenters. The van der Waals surface area contributed by atoms with Crippen LogP contribution in [0.2, 0.25) is 0 Å². The Hall–Kier alpha value is -1.42. The van der Waals surface area contributed by atoms with Crippen LogP contribution in [0.1, 0.15) is 17.9 Å². The molecule has 1 fully saturated rings. The van der Waals surface area contributed by atoms with Gasteiger partial charge >= 0.3 is 0 Å². The summed E-state index contributed by atoms with van der Waals surface area (Å²) in [6.45, 7) is 1.85. The summed E-state index contributed by atoms with van der Waals surface area (Å²) in [5.74, 6) is 1.90. The van der Waals surface area contributed by atoms with Crippen molar-refractivity contribution >= 4 is 0 Å². The van der Waals surface area contributed by atoms with Crippen LogP contribution in [0, 0.1) is 0 Å². The van der Waals surface area contributed by atoms with Gasteiger partial charge < -0.3 is 19.9 Å². The van der Waals surface area contributed by atoms with Crippen LogP contribution in [-0.2, 0) is 0 Å². The van der Waals surface area contributed by atoms with Crippen LogP contribution in [0.5, 0.6) is 17.2 Å². The second kappa shape index (κ2) is 4.61. The minimum atomic E-state index is 0.284. The molecule has 0 spiro atoms. The zero-order chi connectivity index (χ0) is 11.5. The zero-order valence-electron chi connectivity index (χ0n) is 9.62. The third kappa shape index (κ3) is 1.80. The molecule has 0 radical (unpaired) electrons. The smallest absolute Gasteiger partial charge is 0.167 e. The van der Waals surface area contributed by atoms with E-state index in [0.29, 0.717) is 17.4 Å². The van der Waals surface area contributed by atoms with Crippen molar-refractivity contribution in [1.29, 1.82) is 0 Å². The second-order valence-corrected chi connectivity index (χ2v) is 3.92. The molecule has 4 heteroatoms. The number of ether oxygens (including phenoxy) is 2. The molecule has 0 amide bonds. The lowest BCUT2D eigenvalue weighted by Gasteiger charge is -2.17. The standard InChI is InChI=1S/C12H17NO3/c1-15-10-4-3-9(14)11(12(10)16-2)8-5-6-13-7-8/h3-4,8,13-14H,5-7H2,1-2H3. The summed E-state index contributed by atoms with van der Waals surface area (Å²) in [5.41, 5.74) is 0.854. The van der Waals surface area contributed by atoms with Crippen molar-refractivity contribution in [3.8, 4) is 17.2 Å². The maximum Gasteiger partial charge on any atom is 0.167 e. The summed E-state index contributed by atoms with van der Waals surface area (Å²) >= 11 is 0. The van der Waals surface area contributed by atoms with Crippen molar-refractivity contribution in [3.05, 3.63) is 17.7 Å². The summed E-state index contributed by atoms with van der Waals surface area (Å²) in [6.07, 6.45) is 1.01. The maximum absolute atomic E-state index is 9.94. The average Bonchev–Trinajstić information content (AvgIpc) is 2.81. The van der Waals surface area contributed by atoms with Crippen LogP contribution in [-0.4, -0.2) is 32.4 Å². The molecule has 0 bridgehead atoms. The quantitative estimate of drug-likeness (QED) is 0.815. The van der Waals surface area contributed by atoms with E-state index in [1.54, 1.807) is 26.4 Å². The number of rotatable bonds is 3. The first-order chi connectivity index (χ1) is 7.77. The van der Waals surface area contributed by atoms with Gasteiger partial charge in [-0.15, -0.1) is 0 Å². The predicted octanol–water partition coefficient (Wildman–Crippen LogP) is 1.49. The van der Waals surface area contributed by atoms with Crippen molar-refractivity contribution in [1.82, 2.24) is 5.32 Å². The van der Waals surface area contributed by atoms with Gasteiger partial charge in [0.25, 0.3) is 0 Å². The summed E-state index contributed by atoms with van der Waals surface area (Å²) in [4.78, 5) is 0. The minimum absolute atomic E-state index is 0.284. The highest BCUT2D eigenvalue weighted by molar-refractivity contribution is 5.55. The first-order valence-electron chi connectivity index (χ1n) is 5.42. The summed E-state index contributed by atoms with van der Waals surface area (Å²) in [6, 6.07) is 3.38. The van der Waals surface area contributed by atoms with Gasteiger partial charge in [-0.25, -0.2) is 0 Å². The SMILES string of the molecule is COc1ccc(O)c(C2CCNC2)c1OC. The lowest BCUT2D eigenvalue weighted by Crippen LogP contribution is -2.09. The number of aromatic hydroxyl groups is 1. The molecule has 0 aromatic heterocycles. The molecular weight excluding hydrogens is 206 g/mol. The number of hydrogen-bond donors (Lipinski definition) is 2. The molecule has 0 saturated carbocycles. The average molecular weight is 223 g/mol. The van der Waals surface area contributed by atoms with Crippen molar-refractivity contribution in [2.45, 2.75) is 12.3 Å². The van der Waals surface area contributed by atoms with E-state index in [2.05, 4.69) is 5.32 Å². The molecule has 16 heavy (non-hydrogen) atoms. The normalized spacial score (nSPS) is 19.8. The Morgan fingerprint density at radius 1 is 1.31 bits per heavy atom. The Bertz CT molecular complexity index is 373. The highest BCUT2D eigenvalue weighted by Gasteiger charge is 2.25. The highest BCUT2D eigenvalue weighted by Crippen LogP contribution is 2.43. The largest absolute Gasteiger partial charge is 0.508 e. The second-order valence-electron chi connectivity index (χ2n) is 3.92. The van der Waals surface area contributed by atoms with E-state index in [1.807, 2.05) is 0 Å². The van der Waals surface area contributed by atoms with Crippen LogP contribution in [0.25, 0.3) is 0 Å². The molecule has 1 aromatic carbocycles. The molecule has 2 N–H and O–H groups in total. The number of benzene rings is 1. The Labute approximate surface area is 95.2 Å². The van der Waals surface area contributed by atoms with Crippen LogP contribution in [0.4, 0.5) is 0 Å². The van der Waals surface area contributed by atoms with Gasteiger partial charge in [-0.2, -0.15) is 0 Å². The highest BCUT2D eigenvalue weighted by atomic mass is 16.5. The van der Waals surface area contributed by atoms with Crippen molar-refractivity contribution in [2.24, 2.45) is 0 Å². The monoisotopic (exact) mass is 223 g/mol. The number of methoxy groups -OCH3 is 2. The number of phenols is 1. The summed E-state index contributed by atoms with van der Waals surface area (Å²) in [7, 11) is 3.20. The van der Waals surface area contributed by atoms with Gasteiger partial charge in [0.1, 0.15) is 5.75 Å². The summed E-state index contributed by atoms with van der Waals surface area (Å²) in [5, 5.41) is 13.2. The molecule has 1 aromatic rings. The van der Waals surface area contributed by atoms with Crippen LogP contribution >= 0.6 is 0 Å². The van der Waals surface area contributed by atoms with E-state index < -0.39 is 0 Å². The Kier molecular flexibility index (Phi) is 3.19. The zero-order valence-corrected chi connectivity index (χ0v) is 9.62.